The van der Waals surface area contributed by atoms with Crippen LogP contribution in [0.25, 0.3) is 0 Å². The van der Waals surface area contributed by atoms with Crippen molar-refractivity contribution in [2.75, 3.05) is 18.9 Å². The molecule has 0 bridgehead atoms. The summed E-state index contributed by atoms with van der Waals surface area (Å²) >= 11 is 4.49. The Bertz CT molecular complexity index is 2890. The lowest BCUT2D eigenvalue weighted by atomic mass is 9.83. The highest BCUT2D eigenvalue weighted by Crippen LogP contribution is 2.32. The molecule has 11 amide bonds. The average molecular weight is 1350 g/mol. The van der Waals surface area contributed by atoms with Gasteiger partial charge in [0.1, 0.15) is 60.4 Å². The van der Waals surface area contributed by atoms with Gasteiger partial charge in [-0.1, -0.05) is 159 Å². The van der Waals surface area contributed by atoms with Crippen molar-refractivity contribution in [2.24, 2.45) is 29.4 Å². The molecule has 2 aromatic carbocycles. The molecule has 1 saturated heterocycles. The summed E-state index contributed by atoms with van der Waals surface area (Å²) in [6.07, 6.45) is 7.83. The van der Waals surface area contributed by atoms with Gasteiger partial charge in [-0.05, 0) is 73.3 Å². The number of hydrogen-bond acceptors (Lipinski definition) is 15. The van der Waals surface area contributed by atoms with Crippen LogP contribution in [0.2, 0.25) is 0 Å². The van der Waals surface area contributed by atoms with Crippen molar-refractivity contribution in [3.63, 3.8) is 0 Å². The maximum absolute atomic E-state index is 15.4. The molecule has 27 nitrogen and oxygen atoms in total. The first-order valence-electron chi connectivity index (χ1n) is 33.3. The van der Waals surface area contributed by atoms with E-state index < -0.39 is 175 Å². The van der Waals surface area contributed by atoms with Crippen molar-refractivity contribution in [3.05, 3.63) is 71.8 Å². The van der Waals surface area contributed by atoms with Crippen LogP contribution in [-0.2, 0) is 62.3 Å². The maximum Gasteiger partial charge on any atom is 0.305 e. The van der Waals surface area contributed by atoms with E-state index in [0.29, 0.717) is 24.0 Å². The van der Waals surface area contributed by atoms with Crippen LogP contribution >= 0.6 is 12.6 Å². The first-order chi connectivity index (χ1) is 45.2. The molecule has 3 fully saturated rings. The van der Waals surface area contributed by atoms with Crippen molar-refractivity contribution in [1.82, 2.24) is 52.8 Å². The Morgan fingerprint density at radius 1 is 0.537 bits per heavy atom. The standard InChI is InChI=1S/C67H99N11O16S/c1-6-39(4)56(76-66(93)57(55(43-24-15-9-16-25-43)44-26-17-10-18-27-44)77-59(86)45(29-30-53(81)82)70-62(89)49(35-54(83)84)69-40(5)80)65(92)73-48(34-42-22-13-8-14-23-42)61(88)75-51(37-95)67(94)78-31-19-28-52(78)64(91)72-47(33-41-20-11-7-12-21-41)60(87)74-50(36-79)63(90)71-46(58(68)85)32-38(2)3/h9-10,15-18,24-27,38-39,41-42,45-52,55-57,79,95H,6-8,11-14,19-23,28-37H2,1-5H3,(H2,68,85)(H,69,80)(H,70,89)(H,71,90)(H,72,91)(H,73,92)(H,74,87)(H,75,88)(H,76,93)(H,77,86)(H,81,82)(H,83,84)/t39-,45-,46-,47-,48-,49-,50-,51-,52-,56-,57-/m0/s1. The molecule has 28 heteroatoms. The lowest BCUT2D eigenvalue weighted by Gasteiger charge is -2.34. The first-order valence-corrected chi connectivity index (χ1v) is 33.9. The second kappa shape index (κ2) is 39.0. The summed E-state index contributed by atoms with van der Waals surface area (Å²) in [5.74, 6) is -13.9. The number of likely N-dealkylation sites (tertiary alicyclic amines) is 1. The van der Waals surface area contributed by atoms with Crippen LogP contribution in [0, 0.1) is 23.7 Å². The van der Waals surface area contributed by atoms with E-state index in [9.17, 15) is 68.1 Å². The van der Waals surface area contributed by atoms with Crippen LogP contribution in [0.5, 0.6) is 0 Å². The van der Waals surface area contributed by atoms with Crippen LogP contribution in [0.1, 0.15) is 174 Å². The SMILES string of the molecule is CC[C@H](C)[C@H](NC(=O)[C@@H](NC(=O)[C@H](CCC(=O)O)NC(=O)[C@H](CC(=O)O)NC(C)=O)C(c1ccccc1)c1ccccc1)C(=O)N[C@@H](CC1CCCCC1)C(=O)N[C@@H](CS)C(=O)N1CCC[C@H]1C(=O)N[C@@H](CC1CCCCC1)C(=O)N[C@@H](CO)C(=O)N[C@@H](CC(C)C)C(N)=O. The molecular weight excluding hydrogens is 1250 g/mol. The van der Waals surface area contributed by atoms with E-state index in [4.69, 9.17) is 5.73 Å². The van der Waals surface area contributed by atoms with Crippen LogP contribution in [0.4, 0.5) is 0 Å². The van der Waals surface area contributed by atoms with Crippen molar-refractivity contribution >= 4 is 89.5 Å². The van der Waals surface area contributed by atoms with Crippen molar-refractivity contribution in [2.45, 2.75) is 223 Å². The highest BCUT2D eigenvalue weighted by molar-refractivity contribution is 7.80. The van der Waals surface area contributed by atoms with Gasteiger partial charge in [0.15, 0.2) is 0 Å². The molecule has 5 rings (SSSR count). The third-order valence-corrected chi connectivity index (χ3v) is 18.4. The second-order valence-electron chi connectivity index (χ2n) is 25.9. The van der Waals surface area contributed by atoms with Crippen LogP contribution < -0.4 is 53.6 Å². The fraction of sp³-hybridized carbons (Fsp3) is 0.627. The normalized spacial score (nSPS) is 18.3. The number of carboxylic acids is 2. The van der Waals surface area contributed by atoms with E-state index in [1.165, 1.54) is 4.90 Å². The summed E-state index contributed by atoms with van der Waals surface area (Å²) in [5, 5.41) is 53.4. The fourth-order valence-electron chi connectivity index (χ4n) is 12.8. The third kappa shape index (κ3) is 24.5. The fourth-order valence-corrected chi connectivity index (χ4v) is 13.0. The van der Waals surface area contributed by atoms with Gasteiger partial charge in [-0.15, -0.1) is 0 Å². The van der Waals surface area contributed by atoms with E-state index in [0.717, 1.165) is 71.1 Å². The number of primary amides is 1. The zero-order valence-corrected chi connectivity index (χ0v) is 56.0. The Labute approximate surface area is 560 Å². The van der Waals surface area contributed by atoms with Gasteiger partial charge in [0, 0.05) is 31.6 Å². The molecule has 2 aliphatic carbocycles. The van der Waals surface area contributed by atoms with E-state index in [1.807, 2.05) is 13.8 Å². The predicted molar refractivity (Wildman–Crippen MR) is 353 cm³/mol. The number of aliphatic hydroxyl groups excluding tert-OH is 1. The summed E-state index contributed by atoms with van der Waals surface area (Å²) in [4.78, 5) is 180. The van der Waals surface area contributed by atoms with E-state index in [1.54, 1.807) is 74.5 Å². The number of hydrogen-bond donors (Lipinski definition) is 14. The molecule has 14 N–H and O–H groups in total. The molecule has 2 saturated carbocycles. The van der Waals surface area contributed by atoms with Crippen molar-refractivity contribution < 1.29 is 77.6 Å². The molecule has 524 valence electrons. The highest BCUT2D eigenvalue weighted by Gasteiger charge is 2.43. The lowest BCUT2D eigenvalue weighted by molar-refractivity contribution is -0.142. The molecule has 95 heavy (non-hydrogen) atoms. The van der Waals surface area contributed by atoms with Gasteiger partial charge in [0.05, 0.1) is 13.0 Å². The van der Waals surface area contributed by atoms with E-state index in [2.05, 4.69) is 60.5 Å². The number of carbonyl (C=O) groups is 13. The van der Waals surface area contributed by atoms with Crippen molar-refractivity contribution in [3.8, 4) is 0 Å². The predicted octanol–water partition coefficient (Wildman–Crippen LogP) is 1.97. The number of nitrogens with one attached hydrogen (secondary N) is 9. The minimum atomic E-state index is -1.71. The number of amides is 11. The van der Waals surface area contributed by atoms with Gasteiger partial charge in [0.25, 0.3) is 0 Å². The zero-order valence-electron chi connectivity index (χ0n) is 55.1. The van der Waals surface area contributed by atoms with Gasteiger partial charge >= 0.3 is 11.9 Å². The van der Waals surface area contributed by atoms with Crippen LogP contribution in [0.15, 0.2) is 60.7 Å². The molecule has 0 unspecified atom stereocenters. The molecule has 11 atom stereocenters. The molecular formula is C67H99N11O16S. The Hall–Kier alpha value is -8.14. The zero-order chi connectivity index (χ0) is 69.9. The van der Waals surface area contributed by atoms with Gasteiger partial charge < -0.3 is 73.8 Å². The number of carboxylic acid groups (broad SMARTS) is 2. The highest BCUT2D eigenvalue weighted by atomic mass is 32.1. The number of nitrogens with zero attached hydrogens (tertiary/aromatic N) is 1. The van der Waals surface area contributed by atoms with Gasteiger partial charge in [-0.25, -0.2) is 0 Å². The summed E-state index contributed by atoms with van der Waals surface area (Å²) < 4.78 is 0. The summed E-state index contributed by atoms with van der Waals surface area (Å²) in [6, 6.07) is 3.21. The quantitative estimate of drug-likeness (QED) is 0.0430. The third-order valence-electron chi connectivity index (χ3n) is 18.0. The van der Waals surface area contributed by atoms with Gasteiger partial charge in [-0.2, -0.15) is 12.6 Å². The summed E-state index contributed by atoms with van der Waals surface area (Å²) in [7, 11) is 0. The largest absolute Gasteiger partial charge is 0.481 e. The first kappa shape index (κ1) is 77.6. The minimum absolute atomic E-state index is 0.0260. The van der Waals surface area contributed by atoms with Gasteiger partial charge in [-0.3, -0.25) is 62.3 Å². The van der Waals surface area contributed by atoms with Crippen molar-refractivity contribution in [1.29, 1.82) is 0 Å². The number of rotatable bonds is 37. The van der Waals surface area contributed by atoms with E-state index >= 15 is 9.59 Å². The molecule has 0 spiro atoms. The number of benzene rings is 2. The molecule has 1 heterocycles. The molecule has 2 aromatic rings. The monoisotopic (exact) mass is 1350 g/mol. The van der Waals surface area contributed by atoms with Crippen LogP contribution in [-0.4, -0.2) is 176 Å². The Morgan fingerprint density at radius 2 is 1.00 bits per heavy atom. The molecule has 0 radical (unpaired) electrons. The number of nitrogens with two attached hydrogens (primary N) is 1. The number of aliphatic carboxylic acids is 2. The number of thiol groups is 1. The van der Waals surface area contributed by atoms with Crippen LogP contribution in [0.3, 0.4) is 0 Å². The van der Waals surface area contributed by atoms with E-state index in [-0.39, 0.29) is 55.7 Å². The second-order valence-corrected chi connectivity index (χ2v) is 26.2. The minimum Gasteiger partial charge on any atom is -0.481 e. The Balaban J connectivity index is 1.42. The Kier molecular flexibility index (Phi) is 31.9. The number of aliphatic hydroxyl groups is 1. The Morgan fingerprint density at radius 3 is 1.48 bits per heavy atom. The lowest BCUT2D eigenvalue weighted by Crippen LogP contribution is -2.62. The average Bonchev–Trinajstić information content (AvgIpc) is 1.41. The summed E-state index contributed by atoms with van der Waals surface area (Å²) in [5.41, 5.74) is 6.57. The van der Waals surface area contributed by atoms with Gasteiger partial charge in [0.2, 0.25) is 65.0 Å². The summed E-state index contributed by atoms with van der Waals surface area (Å²) in [6.45, 7) is 7.45. The maximum atomic E-state index is 15.4. The topological polar surface area (TPSA) is 420 Å². The molecule has 1 aliphatic heterocycles. The molecule has 0 aromatic heterocycles. The molecule has 3 aliphatic rings. The smallest absolute Gasteiger partial charge is 0.305 e. The number of carbonyl (C=O) groups excluding carboxylic acids is 11.